The minimum atomic E-state index is -0.580. The molecule has 0 radical (unpaired) electrons. The molecule has 1 unspecified atom stereocenters. The van der Waals surface area contributed by atoms with Gasteiger partial charge >= 0.3 is 0 Å². The lowest BCUT2D eigenvalue weighted by Crippen LogP contribution is -2.31. The van der Waals surface area contributed by atoms with E-state index in [1.165, 1.54) is 0 Å². The van der Waals surface area contributed by atoms with Crippen LogP contribution in [0.1, 0.15) is 24.3 Å². The molecule has 0 fully saturated rings. The van der Waals surface area contributed by atoms with Crippen molar-refractivity contribution in [2.45, 2.75) is 26.5 Å². The maximum atomic E-state index is 11.5. The topological polar surface area (TPSA) is 93.2 Å². The predicted octanol–water partition coefficient (Wildman–Crippen LogP) is -0.404. The molecule has 0 aromatic carbocycles. The highest BCUT2D eigenvalue weighted by atomic mass is 16.3. The number of aromatic nitrogens is 2. The third kappa shape index (κ3) is 2.95. The summed E-state index contributed by atoms with van der Waals surface area (Å²) in [5.74, 6) is -0.361. The smallest absolute Gasteiger partial charge is 0.274 e. The zero-order chi connectivity index (χ0) is 11.4. The Morgan fingerprint density at radius 3 is 2.93 bits per heavy atom. The van der Waals surface area contributed by atoms with Gasteiger partial charge in [0.1, 0.15) is 0 Å². The molecule has 84 valence electrons. The van der Waals surface area contributed by atoms with Gasteiger partial charge in [0.05, 0.1) is 11.8 Å². The fourth-order valence-corrected chi connectivity index (χ4v) is 1.10. The first-order chi connectivity index (χ1) is 7.04. The third-order valence-corrected chi connectivity index (χ3v) is 1.89. The van der Waals surface area contributed by atoms with Crippen molar-refractivity contribution in [3.63, 3.8) is 0 Å². The largest absolute Gasteiger partial charge is 0.396 e. The second-order valence-electron chi connectivity index (χ2n) is 3.35. The van der Waals surface area contributed by atoms with E-state index in [4.69, 9.17) is 10.8 Å². The molecule has 6 nitrogen and oxygen atoms in total. The van der Waals surface area contributed by atoms with E-state index in [1.54, 1.807) is 17.8 Å². The summed E-state index contributed by atoms with van der Waals surface area (Å²) in [6, 6.07) is 0. The van der Waals surface area contributed by atoms with Crippen LogP contribution in [-0.2, 0) is 6.54 Å². The molecule has 1 atom stereocenters. The molecular formula is C9H16N4O2. The van der Waals surface area contributed by atoms with Crippen molar-refractivity contribution in [1.82, 2.24) is 15.1 Å². The van der Waals surface area contributed by atoms with Crippen molar-refractivity contribution >= 4 is 11.6 Å². The van der Waals surface area contributed by atoms with Gasteiger partial charge in [-0.2, -0.15) is 5.10 Å². The van der Waals surface area contributed by atoms with Gasteiger partial charge in [-0.25, -0.2) is 0 Å². The molecule has 6 heteroatoms. The van der Waals surface area contributed by atoms with Gasteiger partial charge in [-0.3, -0.25) is 9.48 Å². The lowest BCUT2D eigenvalue weighted by atomic mass is 10.3. The van der Waals surface area contributed by atoms with Crippen LogP contribution in [-0.4, -0.2) is 33.4 Å². The predicted molar refractivity (Wildman–Crippen MR) is 56.3 cm³/mol. The van der Waals surface area contributed by atoms with E-state index in [1.807, 2.05) is 6.92 Å². The third-order valence-electron chi connectivity index (χ3n) is 1.89. The fourth-order valence-electron chi connectivity index (χ4n) is 1.10. The Bertz CT molecular complexity index is 346. The molecule has 1 aromatic heterocycles. The highest BCUT2D eigenvalue weighted by molar-refractivity contribution is 5.96. The molecule has 0 aliphatic carbocycles. The first-order valence-electron chi connectivity index (χ1n) is 4.83. The first kappa shape index (κ1) is 11.5. The number of hydrogen-bond acceptors (Lipinski definition) is 4. The Labute approximate surface area is 88.1 Å². The van der Waals surface area contributed by atoms with E-state index in [2.05, 4.69) is 10.4 Å². The van der Waals surface area contributed by atoms with Crippen LogP contribution in [0.4, 0.5) is 5.69 Å². The van der Waals surface area contributed by atoms with Crippen molar-refractivity contribution in [3.05, 3.63) is 11.9 Å². The molecule has 1 aromatic rings. The quantitative estimate of drug-likeness (QED) is 0.633. The molecule has 4 N–H and O–H groups in total. The SMILES string of the molecule is CCn1cc(N)c(C(=O)NCC(C)O)n1. The number of anilines is 1. The van der Waals surface area contributed by atoms with Gasteiger partial charge in [-0.15, -0.1) is 0 Å². The molecule has 0 saturated heterocycles. The van der Waals surface area contributed by atoms with Gasteiger partial charge in [-0.05, 0) is 13.8 Å². The summed E-state index contributed by atoms with van der Waals surface area (Å²) in [4.78, 5) is 11.5. The number of amides is 1. The second kappa shape index (κ2) is 4.79. The molecule has 1 heterocycles. The summed E-state index contributed by atoms with van der Waals surface area (Å²) in [5, 5.41) is 15.5. The van der Waals surface area contributed by atoms with Gasteiger partial charge in [-0.1, -0.05) is 0 Å². The summed E-state index contributed by atoms with van der Waals surface area (Å²) in [5.41, 5.74) is 6.17. The zero-order valence-corrected chi connectivity index (χ0v) is 8.90. The number of hydrogen-bond donors (Lipinski definition) is 3. The summed E-state index contributed by atoms with van der Waals surface area (Å²) >= 11 is 0. The Hall–Kier alpha value is -1.56. The van der Waals surface area contributed by atoms with Crippen molar-refractivity contribution in [2.24, 2.45) is 0 Å². The van der Waals surface area contributed by atoms with E-state index in [-0.39, 0.29) is 18.1 Å². The summed E-state index contributed by atoms with van der Waals surface area (Å²) in [6.45, 7) is 4.35. The van der Waals surface area contributed by atoms with E-state index in [9.17, 15) is 4.79 Å². The summed E-state index contributed by atoms with van der Waals surface area (Å²) < 4.78 is 1.59. The van der Waals surface area contributed by atoms with Crippen molar-refractivity contribution < 1.29 is 9.90 Å². The number of nitrogens with one attached hydrogen (secondary N) is 1. The minimum Gasteiger partial charge on any atom is -0.396 e. The molecule has 0 aliphatic heterocycles. The Kier molecular flexibility index (Phi) is 3.68. The number of aliphatic hydroxyl groups is 1. The van der Waals surface area contributed by atoms with Crippen molar-refractivity contribution in [3.8, 4) is 0 Å². The first-order valence-corrected chi connectivity index (χ1v) is 4.83. The van der Waals surface area contributed by atoms with E-state index in [0.717, 1.165) is 0 Å². The average Bonchev–Trinajstić information content (AvgIpc) is 2.56. The molecule has 1 amide bonds. The number of rotatable bonds is 4. The maximum absolute atomic E-state index is 11.5. The number of aryl methyl sites for hydroxylation is 1. The summed E-state index contributed by atoms with van der Waals surface area (Å²) in [6.07, 6.45) is 1.03. The van der Waals surface area contributed by atoms with E-state index >= 15 is 0 Å². The number of aliphatic hydroxyl groups excluding tert-OH is 1. The van der Waals surface area contributed by atoms with Gasteiger partial charge in [0.2, 0.25) is 0 Å². The Balaban J connectivity index is 2.68. The molecule has 0 aliphatic rings. The lowest BCUT2D eigenvalue weighted by Gasteiger charge is -2.05. The number of carbonyl (C=O) groups is 1. The summed E-state index contributed by atoms with van der Waals surface area (Å²) in [7, 11) is 0. The highest BCUT2D eigenvalue weighted by Crippen LogP contribution is 2.08. The Morgan fingerprint density at radius 1 is 1.80 bits per heavy atom. The van der Waals surface area contributed by atoms with Crippen LogP contribution in [0.2, 0.25) is 0 Å². The molecule has 0 saturated carbocycles. The molecule has 0 spiro atoms. The molecule has 0 bridgehead atoms. The van der Waals surface area contributed by atoms with Crippen LogP contribution < -0.4 is 11.1 Å². The minimum absolute atomic E-state index is 0.192. The molecule has 1 rings (SSSR count). The molecule has 15 heavy (non-hydrogen) atoms. The van der Waals surface area contributed by atoms with Crippen LogP contribution in [0.15, 0.2) is 6.20 Å². The van der Waals surface area contributed by atoms with E-state index < -0.39 is 6.10 Å². The normalized spacial score (nSPS) is 12.5. The molecular weight excluding hydrogens is 196 g/mol. The van der Waals surface area contributed by atoms with Gasteiger partial charge in [0, 0.05) is 19.3 Å². The monoisotopic (exact) mass is 212 g/mol. The van der Waals surface area contributed by atoms with Crippen LogP contribution in [0, 0.1) is 0 Å². The van der Waals surface area contributed by atoms with Gasteiger partial charge in [0.25, 0.3) is 5.91 Å². The van der Waals surface area contributed by atoms with Crippen LogP contribution in [0.25, 0.3) is 0 Å². The zero-order valence-electron chi connectivity index (χ0n) is 8.90. The van der Waals surface area contributed by atoms with Crippen molar-refractivity contribution in [2.75, 3.05) is 12.3 Å². The van der Waals surface area contributed by atoms with Gasteiger partial charge < -0.3 is 16.2 Å². The fraction of sp³-hybridized carbons (Fsp3) is 0.556. The number of nitrogens with two attached hydrogens (primary N) is 1. The highest BCUT2D eigenvalue weighted by Gasteiger charge is 2.14. The van der Waals surface area contributed by atoms with Crippen molar-refractivity contribution in [1.29, 1.82) is 0 Å². The maximum Gasteiger partial charge on any atom is 0.274 e. The lowest BCUT2D eigenvalue weighted by molar-refractivity contribution is 0.0919. The Morgan fingerprint density at radius 2 is 2.47 bits per heavy atom. The standard InChI is InChI=1S/C9H16N4O2/c1-3-13-5-7(10)8(12-13)9(15)11-4-6(2)14/h5-6,14H,3-4,10H2,1-2H3,(H,11,15). The van der Waals surface area contributed by atoms with Crippen LogP contribution >= 0.6 is 0 Å². The second-order valence-corrected chi connectivity index (χ2v) is 3.35. The van der Waals surface area contributed by atoms with E-state index in [0.29, 0.717) is 12.2 Å². The van der Waals surface area contributed by atoms with Crippen LogP contribution in [0.3, 0.4) is 0 Å². The number of nitrogen functional groups attached to an aromatic ring is 1. The number of nitrogens with zero attached hydrogens (tertiary/aromatic N) is 2. The van der Waals surface area contributed by atoms with Gasteiger partial charge in [0.15, 0.2) is 5.69 Å². The van der Waals surface area contributed by atoms with Crippen LogP contribution in [0.5, 0.6) is 0 Å². The average molecular weight is 212 g/mol. The number of carbonyl (C=O) groups excluding carboxylic acids is 1.